The van der Waals surface area contributed by atoms with Crippen molar-refractivity contribution in [3.05, 3.63) is 11.1 Å². The highest BCUT2D eigenvalue weighted by Gasteiger charge is 2.66. The number of fused-ring (bicyclic) bond motifs is 6. The van der Waals surface area contributed by atoms with Crippen LogP contribution in [0.15, 0.2) is 11.1 Å². The quantitative estimate of drug-likeness (QED) is 0.0922. The van der Waals surface area contributed by atoms with Gasteiger partial charge in [0.25, 0.3) is 0 Å². The third kappa shape index (κ3) is 7.95. The average molecular weight is 913 g/mol. The van der Waals surface area contributed by atoms with E-state index in [4.69, 9.17) is 28.4 Å². The van der Waals surface area contributed by atoms with Crippen molar-refractivity contribution in [3.8, 4) is 0 Å². The van der Waals surface area contributed by atoms with E-state index in [0.29, 0.717) is 24.7 Å². The zero-order valence-corrected chi connectivity index (χ0v) is 38.5. The fourth-order valence-electron chi connectivity index (χ4n) is 14.5. The lowest BCUT2D eigenvalue weighted by Gasteiger charge is -2.67. The van der Waals surface area contributed by atoms with Crippen molar-refractivity contribution in [1.82, 2.24) is 0 Å². The van der Waals surface area contributed by atoms with E-state index in [1.807, 2.05) is 0 Å². The van der Waals surface area contributed by atoms with E-state index in [2.05, 4.69) is 41.5 Å². The summed E-state index contributed by atoms with van der Waals surface area (Å²) in [5.41, 5.74) is 1.44. The molecule has 5 aliphatic carbocycles. The molecule has 10 N–H and O–H groups in total. The number of carbonyl (C=O) groups excluding carboxylic acids is 1. The smallest absolute Gasteiger partial charge is 0.315 e. The molecule has 0 aromatic rings. The highest BCUT2D eigenvalue weighted by atomic mass is 16.7. The van der Waals surface area contributed by atoms with E-state index in [0.717, 1.165) is 57.8 Å². The van der Waals surface area contributed by atoms with Crippen molar-refractivity contribution in [3.63, 3.8) is 0 Å². The first-order chi connectivity index (χ1) is 29.9. The molecule has 3 heterocycles. The molecule has 0 aromatic heterocycles. The van der Waals surface area contributed by atoms with E-state index in [9.17, 15) is 55.9 Å². The molecule has 6 fully saturated rings. The Labute approximate surface area is 376 Å². The predicted octanol–water partition coefficient (Wildman–Crippen LogP) is 0.922. The Kier molecular flexibility index (Phi) is 13.4. The average Bonchev–Trinajstić information content (AvgIpc) is 3.24. The molecule has 0 aromatic carbocycles. The van der Waals surface area contributed by atoms with Crippen LogP contribution in [0, 0.1) is 44.8 Å². The summed E-state index contributed by atoms with van der Waals surface area (Å²) in [5.74, 6) is 0.0488. The Hall–Kier alpha value is -1.39. The van der Waals surface area contributed by atoms with Crippen LogP contribution in [0.1, 0.15) is 119 Å². The Morgan fingerprint density at radius 1 is 0.641 bits per heavy atom. The second kappa shape index (κ2) is 17.5. The fourth-order valence-corrected chi connectivity index (χ4v) is 14.5. The van der Waals surface area contributed by atoms with Crippen LogP contribution in [-0.2, 0) is 33.2 Å². The number of hydrogen-bond acceptors (Lipinski definition) is 17. The number of aliphatic hydroxyl groups is 10. The molecule has 22 unspecified atom stereocenters. The number of allylic oxidation sites excluding steroid dienone is 2. The van der Waals surface area contributed by atoms with Gasteiger partial charge < -0.3 is 79.5 Å². The van der Waals surface area contributed by atoms with Gasteiger partial charge in [-0.3, -0.25) is 4.79 Å². The van der Waals surface area contributed by atoms with Gasteiger partial charge in [-0.1, -0.05) is 52.7 Å². The second-order valence-electron chi connectivity index (χ2n) is 22.8. The second-order valence-corrected chi connectivity index (χ2v) is 22.8. The zero-order chi connectivity index (χ0) is 46.6. The van der Waals surface area contributed by atoms with Gasteiger partial charge in [0.15, 0.2) is 12.6 Å². The molecule has 0 spiro atoms. The van der Waals surface area contributed by atoms with Gasteiger partial charge in [-0.2, -0.15) is 0 Å². The highest BCUT2D eigenvalue weighted by molar-refractivity contribution is 5.79. The van der Waals surface area contributed by atoms with Gasteiger partial charge in [-0.25, -0.2) is 0 Å². The molecule has 3 aliphatic heterocycles. The van der Waals surface area contributed by atoms with E-state index in [1.54, 1.807) is 6.92 Å². The minimum absolute atomic E-state index is 0.0217. The van der Waals surface area contributed by atoms with Crippen LogP contribution >= 0.6 is 0 Å². The van der Waals surface area contributed by atoms with Crippen molar-refractivity contribution in [1.29, 1.82) is 0 Å². The molecule has 17 nitrogen and oxygen atoms in total. The van der Waals surface area contributed by atoms with E-state index < -0.39 is 117 Å². The topological polar surface area (TPSA) is 275 Å². The minimum atomic E-state index is -1.79. The summed E-state index contributed by atoms with van der Waals surface area (Å²) < 4.78 is 35.5. The van der Waals surface area contributed by atoms with E-state index >= 15 is 0 Å². The van der Waals surface area contributed by atoms with Crippen LogP contribution in [0.25, 0.3) is 0 Å². The lowest BCUT2D eigenvalue weighted by Crippen LogP contribution is -2.63. The first kappa shape index (κ1) is 49.0. The summed E-state index contributed by atoms with van der Waals surface area (Å²) in [7, 11) is 0. The summed E-state index contributed by atoms with van der Waals surface area (Å²) in [6, 6.07) is 0. The maximum atomic E-state index is 14.8. The van der Waals surface area contributed by atoms with Crippen molar-refractivity contribution in [2.75, 3.05) is 13.2 Å². The fraction of sp³-hybridized carbons (Fsp3) is 0.936. The molecule has 0 amide bonds. The molecule has 3 saturated carbocycles. The monoisotopic (exact) mass is 913 g/mol. The molecule has 64 heavy (non-hydrogen) atoms. The molecule has 8 rings (SSSR count). The standard InChI is InChI=1S/C47H76O17/c1-21-30(49)33(52)37(56)40(60-21)63-29-12-14-46(7)27(44(29,4)5)11-13-45(6)23-10-15-47(17-16-43(2,3)18-24(47)22(23)8-9-28(45)46)42(58)64-41-38(57)35(54)32(51)26(62-41)20-59-39-36(55)34(53)31(50)25(19-48)61-39/h21,24-41,48-57H,8-20H2,1-7H3. The Morgan fingerprint density at radius 3 is 1.95 bits per heavy atom. The van der Waals surface area contributed by atoms with Gasteiger partial charge >= 0.3 is 5.97 Å². The number of carbonyl (C=O) groups is 1. The van der Waals surface area contributed by atoms with Gasteiger partial charge in [0.05, 0.1) is 30.8 Å². The Morgan fingerprint density at radius 2 is 1.27 bits per heavy atom. The number of esters is 1. The van der Waals surface area contributed by atoms with Gasteiger partial charge in [0, 0.05) is 0 Å². The molecule has 17 heteroatoms. The third-order valence-corrected chi connectivity index (χ3v) is 18.4. The number of aliphatic hydroxyl groups excluding tert-OH is 10. The normalized spacial score (nSPS) is 52.4. The van der Waals surface area contributed by atoms with Gasteiger partial charge in [-0.15, -0.1) is 0 Å². The molecule has 22 atom stereocenters. The SMILES string of the molecule is CC1OC(OC2CCC3(C)C4CCC5=C(CCC6(C(=O)OC7OC(COC8OC(CO)C(O)C(O)C8O)C(O)C(O)C7O)CCC(C)(C)CC56)C4(C)CCC3C2(C)C)C(O)C(O)C1O. The van der Waals surface area contributed by atoms with Crippen molar-refractivity contribution < 1.29 is 84.3 Å². The summed E-state index contributed by atoms with van der Waals surface area (Å²) in [6.07, 6.45) is -13.1. The Balaban J connectivity index is 0.996. The molecular formula is C47H76O17. The van der Waals surface area contributed by atoms with Crippen LogP contribution in [-0.4, -0.2) is 168 Å². The lowest BCUT2D eigenvalue weighted by molar-refractivity contribution is -0.328. The van der Waals surface area contributed by atoms with Crippen LogP contribution in [0.2, 0.25) is 0 Å². The molecule has 3 saturated heterocycles. The molecule has 0 bridgehead atoms. The van der Waals surface area contributed by atoms with Crippen molar-refractivity contribution >= 4 is 5.97 Å². The summed E-state index contributed by atoms with van der Waals surface area (Å²) in [4.78, 5) is 14.8. The molecule has 0 radical (unpaired) electrons. The summed E-state index contributed by atoms with van der Waals surface area (Å²) >= 11 is 0. The van der Waals surface area contributed by atoms with Gasteiger partial charge in [0.1, 0.15) is 67.1 Å². The first-order valence-corrected chi connectivity index (χ1v) is 23.8. The number of ether oxygens (including phenoxy) is 6. The highest BCUT2D eigenvalue weighted by Crippen LogP contribution is 2.72. The van der Waals surface area contributed by atoms with Crippen molar-refractivity contribution in [2.45, 2.75) is 217 Å². The van der Waals surface area contributed by atoms with Gasteiger partial charge in [0.2, 0.25) is 6.29 Å². The lowest BCUT2D eigenvalue weighted by atomic mass is 9.38. The maximum absolute atomic E-state index is 14.8. The van der Waals surface area contributed by atoms with Crippen LogP contribution in [0.4, 0.5) is 0 Å². The molecule has 366 valence electrons. The summed E-state index contributed by atoms with van der Waals surface area (Å²) in [5, 5.41) is 105. The van der Waals surface area contributed by atoms with Crippen LogP contribution < -0.4 is 0 Å². The zero-order valence-electron chi connectivity index (χ0n) is 38.5. The maximum Gasteiger partial charge on any atom is 0.315 e. The third-order valence-electron chi connectivity index (χ3n) is 18.4. The van der Waals surface area contributed by atoms with Gasteiger partial charge in [-0.05, 0) is 117 Å². The Bertz CT molecular complexity index is 1740. The molecular weight excluding hydrogens is 836 g/mol. The molecule has 8 aliphatic rings. The summed E-state index contributed by atoms with van der Waals surface area (Å²) in [6.45, 7) is 14.4. The van der Waals surface area contributed by atoms with Crippen LogP contribution in [0.5, 0.6) is 0 Å². The first-order valence-electron chi connectivity index (χ1n) is 23.8. The number of rotatable bonds is 8. The minimum Gasteiger partial charge on any atom is -0.432 e. The predicted molar refractivity (Wildman–Crippen MR) is 224 cm³/mol. The van der Waals surface area contributed by atoms with Crippen LogP contribution in [0.3, 0.4) is 0 Å². The van der Waals surface area contributed by atoms with E-state index in [1.165, 1.54) is 11.1 Å². The van der Waals surface area contributed by atoms with E-state index in [-0.39, 0.29) is 33.7 Å². The largest absolute Gasteiger partial charge is 0.432 e. The van der Waals surface area contributed by atoms with Crippen molar-refractivity contribution in [2.24, 2.45) is 44.8 Å². The number of hydrogen-bond donors (Lipinski definition) is 10.